The molecule has 1 aliphatic rings. The second kappa shape index (κ2) is 4.51. The molecule has 2 aromatic rings. The molecular formula is C14H15N3O2. The lowest BCUT2D eigenvalue weighted by atomic mass is 10.1. The number of likely N-dealkylation sites (N-methyl/N-ethyl adjacent to an activating group) is 1. The van der Waals surface area contributed by atoms with Gasteiger partial charge in [-0.15, -0.1) is 0 Å². The Labute approximate surface area is 110 Å². The van der Waals surface area contributed by atoms with Crippen molar-refractivity contribution in [1.29, 1.82) is 0 Å². The van der Waals surface area contributed by atoms with E-state index in [-0.39, 0.29) is 18.2 Å². The fourth-order valence-corrected chi connectivity index (χ4v) is 2.36. The number of nitrogens with zero attached hydrogens (tertiary/aromatic N) is 1. The van der Waals surface area contributed by atoms with Crippen LogP contribution in [-0.4, -0.2) is 34.8 Å². The van der Waals surface area contributed by atoms with E-state index < -0.39 is 6.04 Å². The van der Waals surface area contributed by atoms with Crippen molar-refractivity contribution in [3.63, 3.8) is 0 Å². The van der Waals surface area contributed by atoms with E-state index in [0.29, 0.717) is 6.54 Å². The predicted octanol–water partition coefficient (Wildman–Crippen LogP) is 1.01. The van der Waals surface area contributed by atoms with E-state index in [9.17, 15) is 9.59 Å². The third-order valence-electron chi connectivity index (χ3n) is 3.55. The van der Waals surface area contributed by atoms with E-state index in [1.165, 1.54) is 11.9 Å². The summed E-state index contributed by atoms with van der Waals surface area (Å²) in [5.74, 6) is -0.270. The Morgan fingerprint density at radius 1 is 1.37 bits per heavy atom. The molecule has 2 amide bonds. The third-order valence-corrected chi connectivity index (χ3v) is 3.55. The average molecular weight is 257 g/mol. The predicted molar refractivity (Wildman–Crippen MR) is 71.3 cm³/mol. The Bertz CT molecular complexity index is 647. The second-order valence-corrected chi connectivity index (χ2v) is 4.83. The summed E-state index contributed by atoms with van der Waals surface area (Å²) in [7, 11) is 1.53. The lowest BCUT2D eigenvalue weighted by Gasteiger charge is -2.11. The minimum absolute atomic E-state index is 0.123. The highest BCUT2D eigenvalue weighted by Crippen LogP contribution is 2.15. The topological polar surface area (TPSA) is 65.2 Å². The van der Waals surface area contributed by atoms with Gasteiger partial charge >= 0.3 is 0 Å². The van der Waals surface area contributed by atoms with Crippen LogP contribution in [0.3, 0.4) is 0 Å². The molecule has 1 saturated heterocycles. The number of aromatic amines is 1. The molecule has 0 saturated carbocycles. The van der Waals surface area contributed by atoms with Crippen molar-refractivity contribution in [2.45, 2.75) is 19.0 Å². The molecule has 1 aliphatic heterocycles. The van der Waals surface area contributed by atoms with Crippen LogP contribution in [0.4, 0.5) is 0 Å². The lowest BCUT2D eigenvalue weighted by molar-refractivity contribution is -0.137. The van der Waals surface area contributed by atoms with Gasteiger partial charge in [0.25, 0.3) is 0 Å². The average Bonchev–Trinajstić information content (AvgIpc) is 2.96. The minimum Gasteiger partial charge on any atom is -0.361 e. The Balaban J connectivity index is 1.69. The monoisotopic (exact) mass is 257 g/mol. The Morgan fingerprint density at radius 2 is 2.21 bits per heavy atom. The molecule has 0 radical (unpaired) electrons. The molecule has 2 heterocycles. The number of hydrogen-bond acceptors (Lipinski definition) is 3. The van der Waals surface area contributed by atoms with Crippen molar-refractivity contribution >= 4 is 22.7 Å². The van der Waals surface area contributed by atoms with Crippen LogP contribution in [0.2, 0.25) is 0 Å². The summed E-state index contributed by atoms with van der Waals surface area (Å²) in [5.41, 5.74) is 2.16. The molecule has 0 spiro atoms. The number of rotatable bonds is 3. The molecule has 1 aromatic carbocycles. The van der Waals surface area contributed by atoms with E-state index >= 15 is 0 Å². The van der Waals surface area contributed by atoms with E-state index in [4.69, 9.17) is 0 Å². The quantitative estimate of drug-likeness (QED) is 0.807. The van der Waals surface area contributed by atoms with Gasteiger partial charge in [0.1, 0.15) is 0 Å². The van der Waals surface area contributed by atoms with Crippen molar-refractivity contribution in [3.05, 3.63) is 36.0 Å². The molecule has 3 rings (SSSR count). The molecule has 5 nitrogen and oxygen atoms in total. The maximum Gasteiger partial charge on any atom is 0.246 e. The highest BCUT2D eigenvalue weighted by atomic mass is 16.2. The molecule has 1 atom stereocenters. The van der Waals surface area contributed by atoms with Crippen molar-refractivity contribution in [2.24, 2.45) is 0 Å². The SMILES string of the molecule is CN1C(=O)CC(NCc2ccc3cc[nH]c3c2)C1=O. The highest BCUT2D eigenvalue weighted by Gasteiger charge is 2.35. The number of nitrogens with one attached hydrogen (secondary N) is 2. The number of benzene rings is 1. The largest absolute Gasteiger partial charge is 0.361 e. The normalized spacial score (nSPS) is 19.6. The number of hydrogen-bond donors (Lipinski definition) is 2. The molecule has 0 bridgehead atoms. The number of carbonyl (C=O) groups is 2. The maximum absolute atomic E-state index is 11.7. The zero-order valence-corrected chi connectivity index (χ0v) is 10.6. The van der Waals surface area contributed by atoms with E-state index in [1.807, 2.05) is 30.5 Å². The standard InChI is InChI=1S/C14H15N3O2/c1-17-13(18)7-12(14(17)19)16-8-9-2-3-10-4-5-15-11(10)6-9/h2-6,12,15-16H,7-8H2,1H3. The zero-order valence-electron chi connectivity index (χ0n) is 10.6. The molecule has 2 N–H and O–H groups in total. The van der Waals surface area contributed by atoms with Crippen molar-refractivity contribution in [2.75, 3.05) is 7.05 Å². The Morgan fingerprint density at radius 3 is 2.95 bits per heavy atom. The van der Waals surface area contributed by atoms with Crippen LogP contribution in [0.25, 0.3) is 10.9 Å². The summed E-state index contributed by atoms with van der Waals surface area (Å²) in [6, 6.07) is 7.73. The number of aromatic nitrogens is 1. The van der Waals surface area contributed by atoms with Crippen molar-refractivity contribution in [1.82, 2.24) is 15.2 Å². The first-order valence-corrected chi connectivity index (χ1v) is 6.25. The summed E-state index contributed by atoms with van der Waals surface area (Å²) in [6.45, 7) is 0.576. The van der Waals surface area contributed by atoms with Gasteiger partial charge in [0.15, 0.2) is 0 Å². The van der Waals surface area contributed by atoms with Gasteiger partial charge < -0.3 is 10.3 Å². The van der Waals surface area contributed by atoms with Crippen molar-refractivity contribution in [3.8, 4) is 0 Å². The van der Waals surface area contributed by atoms with Gasteiger partial charge in [0.2, 0.25) is 11.8 Å². The van der Waals surface area contributed by atoms with Crippen LogP contribution in [0, 0.1) is 0 Å². The number of amides is 2. The fourth-order valence-electron chi connectivity index (χ4n) is 2.36. The van der Waals surface area contributed by atoms with Crippen molar-refractivity contribution < 1.29 is 9.59 Å². The van der Waals surface area contributed by atoms with Gasteiger partial charge in [-0.05, 0) is 23.1 Å². The Hall–Kier alpha value is -2.14. The zero-order chi connectivity index (χ0) is 13.4. The van der Waals surface area contributed by atoms with Gasteiger partial charge in [-0.3, -0.25) is 14.5 Å². The van der Waals surface area contributed by atoms with Gasteiger partial charge in [-0.1, -0.05) is 12.1 Å². The minimum atomic E-state index is -0.392. The van der Waals surface area contributed by atoms with Crippen LogP contribution in [0.5, 0.6) is 0 Å². The molecule has 0 aliphatic carbocycles. The number of fused-ring (bicyclic) bond motifs is 1. The van der Waals surface area contributed by atoms with Gasteiger partial charge in [-0.25, -0.2) is 0 Å². The van der Waals surface area contributed by atoms with E-state index in [0.717, 1.165) is 16.5 Å². The molecule has 5 heteroatoms. The number of imide groups is 1. The van der Waals surface area contributed by atoms with Crippen LogP contribution in [0.15, 0.2) is 30.5 Å². The summed E-state index contributed by atoms with van der Waals surface area (Å²) in [5, 5.41) is 4.30. The molecule has 1 unspecified atom stereocenters. The van der Waals surface area contributed by atoms with E-state index in [2.05, 4.69) is 10.3 Å². The molecule has 98 valence electrons. The first-order valence-electron chi connectivity index (χ1n) is 6.25. The number of carbonyl (C=O) groups excluding carboxylic acids is 2. The van der Waals surface area contributed by atoms with Gasteiger partial charge in [0.05, 0.1) is 12.5 Å². The molecule has 1 aromatic heterocycles. The first kappa shape index (κ1) is 11.9. The third kappa shape index (κ3) is 2.13. The smallest absolute Gasteiger partial charge is 0.246 e. The van der Waals surface area contributed by atoms with Gasteiger partial charge in [0, 0.05) is 25.3 Å². The van der Waals surface area contributed by atoms with Crippen LogP contribution >= 0.6 is 0 Å². The van der Waals surface area contributed by atoms with Gasteiger partial charge in [-0.2, -0.15) is 0 Å². The summed E-state index contributed by atoms with van der Waals surface area (Å²) in [6.07, 6.45) is 2.15. The maximum atomic E-state index is 11.7. The van der Waals surface area contributed by atoms with Crippen LogP contribution in [-0.2, 0) is 16.1 Å². The van der Waals surface area contributed by atoms with Crippen LogP contribution < -0.4 is 5.32 Å². The first-order chi connectivity index (χ1) is 9.15. The highest BCUT2D eigenvalue weighted by molar-refractivity contribution is 6.05. The second-order valence-electron chi connectivity index (χ2n) is 4.83. The Kier molecular flexibility index (Phi) is 2.83. The summed E-state index contributed by atoms with van der Waals surface area (Å²) in [4.78, 5) is 27.5. The molecule has 19 heavy (non-hydrogen) atoms. The summed E-state index contributed by atoms with van der Waals surface area (Å²) < 4.78 is 0. The molecule has 1 fully saturated rings. The molecular weight excluding hydrogens is 242 g/mol. The fraction of sp³-hybridized carbons (Fsp3) is 0.286. The van der Waals surface area contributed by atoms with E-state index in [1.54, 1.807) is 0 Å². The van der Waals surface area contributed by atoms with Crippen LogP contribution in [0.1, 0.15) is 12.0 Å². The summed E-state index contributed by atoms with van der Waals surface area (Å²) >= 11 is 0. The lowest BCUT2D eigenvalue weighted by Crippen LogP contribution is -2.36. The number of likely N-dealkylation sites (tertiary alicyclic amines) is 1. The number of H-pyrrole nitrogens is 1.